The molecule has 1 saturated heterocycles. The van der Waals surface area contributed by atoms with E-state index >= 15 is 0 Å². The van der Waals surface area contributed by atoms with E-state index in [2.05, 4.69) is 20.2 Å². The monoisotopic (exact) mass is 455 g/mol. The van der Waals surface area contributed by atoms with Gasteiger partial charge in [-0.1, -0.05) is 29.3 Å². The number of carbonyl (C=O) groups is 1. The number of carbonyl (C=O) groups excluding carboxylic acids is 1. The maximum Gasteiger partial charge on any atom is 0.293 e. The van der Waals surface area contributed by atoms with Crippen molar-refractivity contribution in [2.45, 2.75) is 6.54 Å². The van der Waals surface area contributed by atoms with E-state index in [-0.39, 0.29) is 16.7 Å². The van der Waals surface area contributed by atoms with Crippen LogP contribution in [-0.2, 0) is 6.54 Å². The number of imidazole rings is 1. The fraction of sp³-hybridized carbons (Fsp3) is 0.278. The predicted octanol–water partition coefficient (Wildman–Crippen LogP) is 3.85. The number of rotatable bonds is 4. The third kappa shape index (κ3) is 4.50. The second-order valence-electron chi connectivity index (χ2n) is 6.76. The van der Waals surface area contributed by atoms with Gasteiger partial charge >= 0.3 is 0 Å². The van der Waals surface area contributed by atoms with Crippen LogP contribution in [0, 0.1) is 0 Å². The molecule has 0 bridgehead atoms. The predicted molar refractivity (Wildman–Crippen MR) is 115 cm³/mol. The van der Waals surface area contributed by atoms with E-state index in [1.54, 1.807) is 10.6 Å². The van der Waals surface area contributed by atoms with Gasteiger partial charge in [0.15, 0.2) is 5.82 Å². The fourth-order valence-corrected chi connectivity index (χ4v) is 4.92. The zero-order chi connectivity index (χ0) is 20.6. The number of nitrogens with one attached hydrogen (secondary N) is 1. The first-order valence-electron chi connectivity index (χ1n) is 8.87. The average Bonchev–Trinajstić information content (AvgIpc) is 3.04. The third-order valence-corrected chi connectivity index (χ3v) is 6.88. The summed E-state index contributed by atoms with van der Waals surface area (Å²) >= 11 is 12.0. The number of amides is 1. The number of fused-ring (bicyclic) bond motifs is 1. The van der Waals surface area contributed by atoms with Crippen LogP contribution >= 0.6 is 33.8 Å². The Morgan fingerprint density at radius 1 is 1.24 bits per heavy atom. The lowest BCUT2D eigenvalue weighted by Gasteiger charge is -2.40. The molecule has 154 valence electrons. The number of hydrogen-bond acceptors (Lipinski definition) is 6. The Labute approximate surface area is 178 Å². The van der Waals surface area contributed by atoms with Crippen molar-refractivity contribution >= 4 is 51.0 Å². The molecule has 1 aliphatic rings. The minimum Gasteiger partial charge on any atom is -0.303 e. The van der Waals surface area contributed by atoms with E-state index < -0.39 is 16.5 Å². The zero-order valence-corrected chi connectivity index (χ0v) is 17.6. The molecule has 0 radical (unpaired) electrons. The summed E-state index contributed by atoms with van der Waals surface area (Å²) in [6.07, 6.45) is 3.17. The molecule has 11 heteroatoms. The van der Waals surface area contributed by atoms with E-state index in [0.717, 1.165) is 11.2 Å². The SMILES string of the molecule is O=C(Nc1ncc(Cl)cc1Cl)c1nc(CN2CCS(O)(O)CC2)c2ccccn12. The lowest BCUT2D eigenvalue weighted by Crippen LogP contribution is -2.37. The summed E-state index contributed by atoms with van der Waals surface area (Å²) in [7, 11) is -2.46. The first-order chi connectivity index (χ1) is 13.8. The highest BCUT2D eigenvalue weighted by molar-refractivity contribution is 8.24. The van der Waals surface area contributed by atoms with Gasteiger partial charge < -0.3 is 5.32 Å². The van der Waals surface area contributed by atoms with E-state index in [0.29, 0.717) is 36.2 Å². The van der Waals surface area contributed by atoms with Crippen molar-refractivity contribution in [1.82, 2.24) is 19.3 Å². The van der Waals surface area contributed by atoms with E-state index in [4.69, 9.17) is 23.2 Å². The summed E-state index contributed by atoms with van der Waals surface area (Å²) in [5.74, 6) is 0.683. The van der Waals surface area contributed by atoms with Gasteiger partial charge in [-0.25, -0.2) is 9.97 Å². The fourth-order valence-electron chi connectivity index (χ4n) is 3.18. The zero-order valence-electron chi connectivity index (χ0n) is 15.3. The summed E-state index contributed by atoms with van der Waals surface area (Å²) in [5, 5.41) is 3.28. The second kappa shape index (κ2) is 8.10. The van der Waals surface area contributed by atoms with Crippen LogP contribution in [-0.4, -0.2) is 58.9 Å². The maximum atomic E-state index is 12.9. The smallest absolute Gasteiger partial charge is 0.293 e. The van der Waals surface area contributed by atoms with Crippen molar-refractivity contribution in [1.29, 1.82) is 0 Å². The van der Waals surface area contributed by atoms with Crippen LogP contribution in [0.2, 0.25) is 10.0 Å². The van der Waals surface area contributed by atoms with E-state index in [9.17, 15) is 13.9 Å². The Hall–Kier alpha value is -1.88. The molecule has 1 fully saturated rings. The molecule has 0 unspecified atom stereocenters. The van der Waals surface area contributed by atoms with Crippen molar-refractivity contribution in [3.05, 3.63) is 58.2 Å². The van der Waals surface area contributed by atoms with Gasteiger partial charge in [0.2, 0.25) is 5.82 Å². The number of hydrogen-bond donors (Lipinski definition) is 3. The van der Waals surface area contributed by atoms with Crippen LogP contribution in [0.1, 0.15) is 16.3 Å². The molecule has 3 aromatic rings. The number of anilines is 1. The average molecular weight is 456 g/mol. The quantitative estimate of drug-likeness (QED) is 0.551. The van der Waals surface area contributed by atoms with E-state index in [1.165, 1.54) is 12.3 Å². The Bertz CT molecular complexity index is 1060. The molecule has 4 heterocycles. The Balaban J connectivity index is 1.59. The minimum atomic E-state index is -2.46. The van der Waals surface area contributed by atoms with Crippen LogP contribution in [0.15, 0.2) is 36.7 Å². The summed E-state index contributed by atoms with van der Waals surface area (Å²) in [4.78, 5) is 23.6. The van der Waals surface area contributed by atoms with Crippen LogP contribution in [0.25, 0.3) is 5.52 Å². The van der Waals surface area contributed by atoms with Gasteiger partial charge in [-0.05, 0) is 18.2 Å². The summed E-state index contributed by atoms with van der Waals surface area (Å²) in [5.41, 5.74) is 1.55. The largest absolute Gasteiger partial charge is 0.303 e. The molecule has 4 rings (SSSR count). The lowest BCUT2D eigenvalue weighted by molar-refractivity contribution is 0.101. The van der Waals surface area contributed by atoms with Gasteiger partial charge in [0, 0.05) is 32.0 Å². The normalized spacial score (nSPS) is 17.9. The van der Waals surface area contributed by atoms with Gasteiger partial charge in [-0.3, -0.25) is 23.2 Å². The second-order valence-corrected chi connectivity index (χ2v) is 10.0. The van der Waals surface area contributed by atoms with Gasteiger partial charge in [0.1, 0.15) is 0 Å². The molecule has 8 nitrogen and oxygen atoms in total. The molecule has 1 aliphatic heterocycles. The van der Waals surface area contributed by atoms with Gasteiger partial charge in [-0.15, -0.1) is 0 Å². The highest BCUT2D eigenvalue weighted by atomic mass is 35.5. The molecular weight excluding hydrogens is 437 g/mol. The highest BCUT2D eigenvalue weighted by Gasteiger charge is 2.25. The van der Waals surface area contributed by atoms with Crippen LogP contribution in [0.4, 0.5) is 5.82 Å². The van der Waals surface area contributed by atoms with Crippen LogP contribution in [0.5, 0.6) is 0 Å². The highest BCUT2D eigenvalue weighted by Crippen LogP contribution is 2.40. The molecule has 1 amide bonds. The molecule has 3 aromatic heterocycles. The van der Waals surface area contributed by atoms with Crippen molar-refractivity contribution < 1.29 is 13.9 Å². The van der Waals surface area contributed by atoms with Gasteiger partial charge in [0.05, 0.1) is 32.8 Å². The van der Waals surface area contributed by atoms with E-state index in [1.807, 2.05) is 18.2 Å². The van der Waals surface area contributed by atoms with Crippen molar-refractivity contribution in [3.8, 4) is 0 Å². The first-order valence-corrected chi connectivity index (χ1v) is 11.5. The van der Waals surface area contributed by atoms with Crippen molar-refractivity contribution in [2.24, 2.45) is 0 Å². The topological polar surface area (TPSA) is 103 Å². The standard InChI is InChI=1S/C18H19Cl2N5O3S/c19-12-9-13(20)16(21-10-12)23-18(26)17-22-14(15-3-1-2-4-25(15)17)11-24-5-7-29(27,28)8-6-24/h1-4,9-10,27-28H,5-8,11H2,(H,21,23,26). The molecule has 0 aliphatic carbocycles. The molecule has 29 heavy (non-hydrogen) atoms. The summed E-state index contributed by atoms with van der Waals surface area (Å²) in [6.45, 7) is 1.65. The van der Waals surface area contributed by atoms with Crippen LogP contribution < -0.4 is 5.32 Å². The third-order valence-electron chi connectivity index (χ3n) is 4.71. The molecule has 0 spiro atoms. The molecule has 0 atom stereocenters. The first kappa shape index (κ1) is 20.4. The van der Waals surface area contributed by atoms with Crippen molar-refractivity contribution in [3.63, 3.8) is 0 Å². The lowest BCUT2D eigenvalue weighted by atomic mass is 10.3. The maximum absolute atomic E-state index is 12.9. The number of pyridine rings is 2. The van der Waals surface area contributed by atoms with Crippen molar-refractivity contribution in [2.75, 3.05) is 29.9 Å². The molecule has 3 N–H and O–H groups in total. The minimum absolute atomic E-state index is 0.205. The number of nitrogens with zero attached hydrogens (tertiary/aromatic N) is 4. The Morgan fingerprint density at radius 3 is 2.72 bits per heavy atom. The Morgan fingerprint density at radius 2 is 2.00 bits per heavy atom. The number of aromatic nitrogens is 3. The summed E-state index contributed by atoms with van der Waals surface area (Å²) < 4.78 is 21.3. The molecular formula is C18H19Cl2N5O3S. The Kier molecular flexibility index (Phi) is 5.69. The van der Waals surface area contributed by atoms with Crippen LogP contribution in [0.3, 0.4) is 0 Å². The van der Waals surface area contributed by atoms with Gasteiger partial charge in [0.25, 0.3) is 5.91 Å². The molecule has 0 saturated carbocycles. The molecule has 0 aromatic carbocycles. The van der Waals surface area contributed by atoms with Gasteiger partial charge in [-0.2, -0.15) is 10.6 Å². The number of halogens is 2. The summed E-state index contributed by atoms with van der Waals surface area (Å²) in [6, 6.07) is 7.09.